The van der Waals surface area contributed by atoms with E-state index in [2.05, 4.69) is 21.6 Å². The van der Waals surface area contributed by atoms with Crippen molar-refractivity contribution in [3.8, 4) is 5.75 Å². The second kappa shape index (κ2) is 10.2. The van der Waals surface area contributed by atoms with Gasteiger partial charge in [-0.1, -0.05) is 59.8 Å². The molecule has 0 saturated carbocycles. The van der Waals surface area contributed by atoms with Gasteiger partial charge in [0, 0.05) is 6.54 Å². The molecule has 30 heavy (non-hydrogen) atoms. The van der Waals surface area contributed by atoms with Gasteiger partial charge < -0.3 is 15.9 Å². The van der Waals surface area contributed by atoms with Crippen molar-refractivity contribution in [2.45, 2.75) is 44.2 Å². The third kappa shape index (κ3) is 5.76. The van der Waals surface area contributed by atoms with Crippen molar-refractivity contribution in [3.63, 3.8) is 0 Å². The van der Waals surface area contributed by atoms with Crippen molar-refractivity contribution < 1.29 is 9.53 Å². The minimum atomic E-state index is -0.347. The monoisotopic (exact) mass is 425 g/mol. The van der Waals surface area contributed by atoms with Gasteiger partial charge in [-0.15, -0.1) is 10.2 Å². The molecule has 0 fully saturated rings. The number of nitrogens with two attached hydrogens (primary N) is 1. The molecule has 2 aromatic carbocycles. The van der Waals surface area contributed by atoms with E-state index in [-0.39, 0.29) is 17.8 Å². The van der Waals surface area contributed by atoms with Gasteiger partial charge in [-0.25, -0.2) is 4.68 Å². The normalized spacial score (nSPS) is 11.8. The van der Waals surface area contributed by atoms with Crippen molar-refractivity contribution in [1.82, 2.24) is 20.2 Å². The van der Waals surface area contributed by atoms with Crippen LogP contribution in [0.5, 0.6) is 5.75 Å². The summed E-state index contributed by atoms with van der Waals surface area (Å²) in [6.07, 6.45) is 0.789. The number of nitrogens with one attached hydrogen (secondary N) is 1. The SMILES string of the molecule is Cc1ccc(OCc2nnc(S[C@@H](C)C(=O)NCCc3ccccc3)n2N)c(C)c1. The summed E-state index contributed by atoms with van der Waals surface area (Å²) >= 11 is 1.27. The predicted octanol–water partition coefficient (Wildman–Crippen LogP) is 3.03. The highest BCUT2D eigenvalue weighted by atomic mass is 32.2. The molecule has 7 nitrogen and oxygen atoms in total. The Morgan fingerprint density at radius 3 is 2.70 bits per heavy atom. The third-order valence-corrected chi connectivity index (χ3v) is 5.69. The number of carbonyl (C=O) groups is 1. The Hall–Kier alpha value is -3.00. The molecule has 1 aromatic heterocycles. The van der Waals surface area contributed by atoms with Crippen molar-refractivity contribution in [2.75, 3.05) is 12.4 Å². The van der Waals surface area contributed by atoms with Crippen LogP contribution in [0.4, 0.5) is 0 Å². The van der Waals surface area contributed by atoms with E-state index in [1.54, 1.807) is 0 Å². The Labute approximate surface area is 181 Å². The highest BCUT2D eigenvalue weighted by molar-refractivity contribution is 8.00. The fourth-order valence-electron chi connectivity index (χ4n) is 2.92. The number of amides is 1. The minimum Gasteiger partial charge on any atom is -0.485 e. The Morgan fingerprint density at radius 2 is 1.97 bits per heavy atom. The van der Waals surface area contributed by atoms with Gasteiger partial charge in [0.05, 0.1) is 5.25 Å². The zero-order chi connectivity index (χ0) is 21.5. The predicted molar refractivity (Wildman–Crippen MR) is 119 cm³/mol. The second-order valence-corrected chi connectivity index (χ2v) is 8.42. The fraction of sp³-hybridized carbons (Fsp3) is 0.318. The molecule has 158 valence electrons. The van der Waals surface area contributed by atoms with Crippen LogP contribution in [0.25, 0.3) is 0 Å². The summed E-state index contributed by atoms with van der Waals surface area (Å²) < 4.78 is 7.20. The standard InChI is InChI=1S/C22H27N5O2S/c1-15-9-10-19(16(2)13-15)29-14-20-25-26-22(27(20)23)30-17(3)21(28)24-12-11-18-7-5-4-6-8-18/h4-10,13,17H,11-12,14,23H2,1-3H3,(H,24,28)/t17-/m0/s1. The molecule has 0 unspecified atom stereocenters. The molecule has 0 aliphatic carbocycles. The topological polar surface area (TPSA) is 95.1 Å². The summed E-state index contributed by atoms with van der Waals surface area (Å²) in [5.74, 6) is 7.33. The van der Waals surface area contributed by atoms with E-state index in [4.69, 9.17) is 10.6 Å². The largest absolute Gasteiger partial charge is 0.485 e. The molecule has 0 spiro atoms. The minimum absolute atomic E-state index is 0.0630. The van der Waals surface area contributed by atoms with Crippen molar-refractivity contribution in [2.24, 2.45) is 0 Å². The summed E-state index contributed by atoms with van der Waals surface area (Å²) in [4.78, 5) is 12.4. The summed E-state index contributed by atoms with van der Waals surface area (Å²) in [6.45, 7) is 6.64. The first kappa shape index (κ1) is 21.7. The number of carbonyl (C=O) groups excluding carboxylic acids is 1. The maximum absolute atomic E-state index is 12.4. The molecule has 1 heterocycles. The first-order valence-electron chi connectivity index (χ1n) is 9.81. The Balaban J connectivity index is 1.50. The Kier molecular flexibility index (Phi) is 7.35. The molecule has 1 atom stereocenters. The van der Waals surface area contributed by atoms with Crippen LogP contribution in [0.15, 0.2) is 53.7 Å². The first-order valence-corrected chi connectivity index (χ1v) is 10.7. The number of thioether (sulfide) groups is 1. The number of ether oxygens (including phenoxy) is 1. The smallest absolute Gasteiger partial charge is 0.233 e. The van der Waals surface area contributed by atoms with E-state index in [1.165, 1.54) is 27.6 Å². The maximum atomic E-state index is 12.4. The van der Waals surface area contributed by atoms with Crippen LogP contribution in [0.2, 0.25) is 0 Å². The molecular weight excluding hydrogens is 398 g/mol. The van der Waals surface area contributed by atoms with Crippen molar-refractivity contribution in [1.29, 1.82) is 0 Å². The lowest BCUT2D eigenvalue weighted by Crippen LogP contribution is -2.32. The van der Waals surface area contributed by atoms with Crippen LogP contribution in [-0.2, 0) is 17.8 Å². The van der Waals surface area contributed by atoms with Gasteiger partial charge in [-0.2, -0.15) is 0 Å². The van der Waals surface area contributed by atoms with E-state index in [1.807, 2.05) is 63.2 Å². The van der Waals surface area contributed by atoms with E-state index in [9.17, 15) is 4.79 Å². The van der Waals surface area contributed by atoms with Crippen LogP contribution >= 0.6 is 11.8 Å². The van der Waals surface area contributed by atoms with E-state index >= 15 is 0 Å². The average molecular weight is 426 g/mol. The van der Waals surface area contributed by atoms with Crippen LogP contribution in [0.3, 0.4) is 0 Å². The van der Waals surface area contributed by atoms with Gasteiger partial charge in [0.15, 0.2) is 5.82 Å². The number of nitrogens with zero attached hydrogens (tertiary/aromatic N) is 3. The summed E-state index contributed by atoms with van der Waals surface area (Å²) in [5.41, 5.74) is 3.42. The molecule has 0 bridgehead atoms. The van der Waals surface area contributed by atoms with Crippen LogP contribution < -0.4 is 15.9 Å². The van der Waals surface area contributed by atoms with Crippen molar-refractivity contribution in [3.05, 3.63) is 71.0 Å². The molecular formula is C22H27N5O2S. The van der Waals surface area contributed by atoms with Crippen LogP contribution in [0.1, 0.15) is 29.4 Å². The highest BCUT2D eigenvalue weighted by Gasteiger charge is 2.19. The number of nitrogen functional groups attached to an aromatic ring is 1. The van der Waals surface area contributed by atoms with Gasteiger partial charge in [-0.05, 0) is 44.4 Å². The molecule has 3 N–H and O–H groups in total. The lowest BCUT2D eigenvalue weighted by molar-refractivity contribution is -0.120. The highest BCUT2D eigenvalue weighted by Crippen LogP contribution is 2.23. The zero-order valence-corrected chi connectivity index (χ0v) is 18.3. The molecule has 8 heteroatoms. The Bertz CT molecular complexity index is 990. The number of hydrogen-bond acceptors (Lipinski definition) is 6. The second-order valence-electron chi connectivity index (χ2n) is 7.11. The number of benzene rings is 2. The number of aromatic nitrogens is 3. The summed E-state index contributed by atoms with van der Waals surface area (Å²) in [6, 6.07) is 16.0. The quantitative estimate of drug-likeness (QED) is 0.404. The number of rotatable bonds is 9. The number of aryl methyl sites for hydroxylation is 2. The molecule has 0 radical (unpaired) electrons. The Morgan fingerprint density at radius 1 is 1.20 bits per heavy atom. The van der Waals surface area contributed by atoms with Gasteiger partial charge in [0.25, 0.3) is 0 Å². The summed E-state index contributed by atoms with van der Waals surface area (Å²) in [7, 11) is 0. The van der Waals surface area contributed by atoms with Gasteiger partial charge in [0.2, 0.25) is 11.1 Å². The maximum Gasteiger partial charge on any atom is 0.233 e. The van der Waals surface area contributed by atoms with Gasteiger partial charge in [-0.3, -0.25) is 4.79 Å². The fourth-order valence-corrected chi connectivity index (χ4v) is 3.73. The van der Waals surface area contributed by atoms with Gasteiger partial charge >= 0.3 is 0 Å². The lowest BCUT2D eigenvalue weighted by atomic mass is 10.1. The van der Waals surface area contributed by atoms with Crippen LogP contribution in [-0.4, -0.2) is 32.6 Å². The van der Waals surface area contributed by atoms with E-state index in [0.29, 0.717) is 17.5 Å². The number of hydrogen-bond donors (Lipinski definition) is 2. The van der Waals surface area contributed by atoms with Crippen molar-refractivity contribution >= 4 is 17.7 Å². The zero-order valence-electron chi connectivity index (χ0n) is 17.5. The van der Waals surface area contributed by atoms with Crippen LogP contribution in [0, 0.1) is 13.8 Å². The van der Waals surface area contributed by atoms with E-state index in [0.717, 1.165) is 17.7 Å². The molecule has 0 aliphatic rings. The van der Waals surface area contributed by atoms with E-state index < -0.39 is 0 Å². The average Bonchev–Trinajstić information content (AvgIpc) is 3.07. The molecule has 0 saturated heterocycles. The molecule has 3 rings (SSSR count). The lowest BCUT2D eigenvalue weighted by Gasteiger charge is -2.12. The molecule has 1 amide bonds. The van der Waals surface area contributed by atoms with Gasteiger partial charge in [0.1, 0.15) is 12.4 Å². The summed E-state index contributed by atoms with van der Waals surface area (Å²) in [5, 5.41) is 11.3. The first-order chi connectivity index (χ1) is 14.4. The molecule has 0 aliphatic heterocycles. The molecule has 3 aromatic rings. The third-order valence-electron chi connectivity index (χ3n) is 4.63.